The number of rotatable bonds is 3. The lowest BCUT2D eigenvalue weighted by atomic mass is 10.2. The van der Waals surface area contributed by atoms with Crippen molar-refractivity contribution in [1.29, 1.82) is 0 Å². The van der Waals surface area contributed by atoms with Crippen LogP contribution in [0.15, 0.2) is 40.9 Å². The van der Waals surface area contributed by atoms with Crippen LogP contribution in [-0.4, -0.2) is 0 Å². The van der Waals surface area contributed by atoms with Crippen LogP contribution in [0.2, 0.25) is 10.0 Å². The van der Waals surface area contributed by atoms with Gasteiger partial charge < -0.3 is 5.32 Å². The standard InChI is InChI=1S/C14H12BrCl2N/c1-9-3-2-4-13(14(9)15)18-8-10-5-6-11(16)7-12(10)17/h2-7,18H,8H2,1H3. The van der Waals surface area contributed by atoms with E-state index in [0.29, 0.717) is 16.6 Å². The number of benzene rings is 2. The van der Waals surface area contributed by atoms with E-state index in [-0.39, 0.29) is 0 Å². The van der Waals surface area contributed by atoms with E-state index in [4.69, 9.17) is 23.2 Å². The summed E-state index contributed by atoms with van der Waals surface area (Å²) in [5, 5.41) is 4.69. The van der Waals surface area contributed by atoms with Crippen LogP contribution in [0.5, 0.6) is 0 Å². The van der Waals surface area contributed by atoms with Crippen molar-refractivity contribution in [3.05, 3.63) is 62.0 Å². The van der Waals surface area contributed by atoms with Crippen molar-refractivity contribution in [1.82, 2.24) is 0 Å². The molecule has 0 heterocycles. The van der Waals surface area contributed by atoms with Crippen LogP contribution in [0.4, 0.5) is 5.69 Å². The van der Waals surface area contributed by atoms with Gasteiger partial charge in [-0.2, -0.15) is 0 Å². The fraction of sp³-hybridized carbons (Fsp3) is 0.143. The minimum Gasteiger partial charge on any atom is -0.380 e. The molecule has 2 aromatic carbocycles. The molecule has 1 N–H and O–H groups in total. The highest BCUT2D eigenvalue weighted by atomic mass is 79.9. The molecule has 0 aromatic heterocycles. The van der Waals surface area contributed by atoms with E-state index >= 15 is 0 Å². The van der Waals surface area contributed by atoms with E-state index in [9.17, 15) is 0 Å². The second-order valence-electron chi connectivity index (χ2n) is 4.03. The van der Waals surface area contributed by atoms with Gasteiger partial charge >= 0.3 is 0 Å². The lowest BCUT2D eigenvalue weighted by Gasteiger charge is -2.11. The highest BCUT2D eigenvalue weighted by Gasteiger charge is 2.04. The van der Waals surface area contributed by atoms with Gasteiger partial charge in [0.25, 0.3) is 0 Å². The van der Waals surface area contributed by atoms with Crippen LogP contribution >= 0.6 is 39.1 Å². The van der Waals surface area contributed by atoms with Gasteiger partial charge in [-0.25, -0.2) is 0 Å². The summed E-state index contributed by atoms with van der Waals surface area (Å²) in [5.74, 6) is 0. The Morgan fingerprint density at radius 3 is 2.67 bits per heavy atom. The van der Waals surface area contributed by atoms with Crippen LogP contribution in [0.25, 0.3) is 0 Å². The highest BCUT2D eigenvalue weighted by Crippen LogP contribution is 2.27. The number of hydrogen-bond donors (Lipinski definition) is 1. The quantitative estimate of drug-likeness (QED) is 0.755. The third-order valence-corrected chi connectivity index (χ3v) is 4.32. The van der Waals surface area contributed by atoms with Crippen molar-refractivity contribution in [2.75, 3.05) is 5.32 Å². The number of hydrogen-bond acceptors (Lipinski definition) is 1. The Labute approximate surface area is 125 Å². The minimum atomic E-state index is 0.653. The molecule has 2 rings (SSSR count). The molecule has 0 fully saturated rings. The van der Waals surface area contributed by atoms with Gasteiger partial charge in [-0.05, 0) is 52.2 Å². The van der Waals surface area contributed by atoms with E-state index in [0.717, 1.165) is 15.7 Å². The fourth-order valence-corrected chi connectivity index (χ4v) is 2.52. The summed E-state index contributed by atoms with van der Waals surface area (Å²) in [4.78, 5) is 0. The molecule has 1 nitrogen and oxygen atoms in total. The van der Waals surface area contributed by atoms with Crippen LogP contribution in [-0.2, 0) is 6.54 Å². The van der Waals surface area contributed by atoms with Gasteiger partial charge in [0.15, 0.2) is 0 Å². The molecule has 0 radical (unpaired) electrons. The zero-order valence-electron chi connectivity index (χ0n) is 9.81. The molecular weight excluding hydrogens is 333 g/mol. The number of anilines is 1. The molecule has 0 aliphatic rings. The van der Waals surface area contributed by atoms with E-state index in [1.165, 1.54) is 5.56 Å². The second-order valence-corrected chi connectivity index (χ2v) is 5.66. The molecule has 0 bridgehead atoms. The Morgan fingerprint density at radius 1 is 1.17 bits per heavy atom. The Hall–Kier alpha value is -0.700. The first-order chi connectivity index (χ1) is 8.58. The maximum atomic E-state index is 6.13. The zero-order valence-corrected chi connectivity index (χ0v) is 12.9. The van der Waals surface area contributed by atoms with E-state index in [1.54, 1.807) is 6.07 Å². The minimum absolute atomic E-state index is 0.653. The van der Waals surface area contributed by atoms with Crippen molar-refractivity contribution < 1.29 is 0 Å². The van der Waals surface area contributed by atoms with Crippen LogP contribution in [0, 0.1) is 6.92 Å². The lowest BCUT2D eigenvalue weighted by Crippen LogP contribution is -2.01. The predicted octanol–water partition coefficient (Wildman–Crippen LogP) is 5.68. The molecule has 2 aromatic rings. The van der Waals surface area contributed by atoms with Crippen LogP contribution in [0.1, 0.15) is 11.1 Å². The second kappa shape index (κ2) is 5.96. The lowest BCUT2D eigenvalue weighted by molar-refractivity contribution is 1.14. The van der Waals surface area contributed by atoms with Crippen molar-refractivity contribution in [2.24, 2.45) is 0 Å². The third kappa shape index (κ3) is 3.19. The SMILES string of the molecule is Cc1cccc(NCc2ccc(Cl)cc2Cl)c1Br. The average Bonchev–Trinajstić information content (AvgIpc) is 2.33. The summed E-state index contributed by atoms with van der Waals surface area (Å²) < 4.78 is 1.08. The van der Waals surface area contributed by atoms with Gasteiger partial charge in [0.05, 0.1) is 0 Å². The van der Waals surface area contributed by atoms with Crippen LogP contribution < -0.4 is 5.32 Å². The molecule has 18 heavy (non-hydrogen) atoms. The average molecular weight is 345 g/mol. The molecule has 0 amide bonds. The van der Waals surface area contributed by atoms with Crippen molar-refractivity contribution >= 4 is 44.8 Å². The van der Waals surface area contributed by atoms with E-state index < -0.39 is 0 Å². The Morgan fingerprint density at radius 2 is 1.94 bits per heavy atom. The van der Waals surface area contributed by atoms with Gasteiger partial charge in [0.2, 0.25) is 0 Å². The molecule has 0 aliphatic carbocycles. The maximum absolute atomic E-state index is 6.13. The van der Waals surface area contributed by atoms with Gasteiger partial charge in [-0.3, -0.25) is 0 Å². The number of aryl methyl sites for hydroxylation is 1. The van der Waals surface area contributed by atoms with E-state index in [2.05, 4.69) is 34.2 Å². The first kappa shape index (κ1) is 13.7. The maximum Gasteiger partial charge on any atom is 0.0490 e. The van der Waals surface area contributed by atoms with Gasteiger partial charge in [0.1, 0.15) is 0 Å². The first-order valence-corrected chi connectivity index (χ1v) is 7.06. The Kier molecular flexibility index (Phi) is 4.55. The molecule has 4 heteroatoms. The molecule has 0 unspecified atom stereocenters. The van der Waals surface area contributed by atoms with Gasteiger partial charge in [-0.1, -0.05) is 41.4 Å². The molecule has 94 valence electrons. The van der Waals surface area contributed by atoms with Gasteiger partial charge in [0, 0.05) is 26.8 Å². The largest absolute Gasteiger partial charge is 0.380 e. The molecule has 0 atom stereocenters. The smallest absolute Gasteiger partial charge is 0.0490 e. The topological polar surface area (TPSA) is 12.0 Å². The van der Waals surface area contributed by atoms with Gasteiger partial charge in [-0.15, -0.1) is 0 Å². The summed E-state index contributed by atoms with van der Waals surface area (Å²) in [6.07, 6.45) is 0. The molecule has 0 saturated carbocycles. The van der Waals surface area contributed by atoms with Crippen LogP contribution in [0.3, 0.4) is 0 Å². The van der Waals surface area contributed by atoms with E-state index in [1.807, 2.05) is 24.3 Å². The van der Waals surface area contributed by atoms with Crippen molar-refractivity contribution in [3.8, 4) is 0 Å². The Balaban J connectivity index is 2.14. The molecule has 0 aliphatic heterocycles. The zero-order chi connectivity index (χ0) is 13.1. The summed E-state index contributed by atoms with van der Waals surface area (Å²) in [6.45, 7) is 2.72. The fourth-order valence-electron chi connectivity index (χ4n) is 1.64. The van der Waals surface area contributed by atoms with Crippen molar-refractivity contribution in [2.45, 2.75) is 13.5 Å². The summed E-state index contributed by atoms with van der Waals surface area (Å²) in [5.41, 5.74) is 3.28. The predicted molar refractivity (Wildman–Crippen MR) is 82.7 cm³/mol. The summed E-state index contributed by atoms with van der Waals surface area (Å²) in [6, 6.07) is 11.6. The molecule has 0 spiro atoms. The number of halogens is 3. The third-order valence-electron chi connectivity index (χ3n) is 2.68. The highest BCUT2D eigenvalue weighted by molar-refractivity contribution is 9.10. The first-order valence-electron chi connectivity index (χ1n) is 5.51. The number of nitrogens with one attached hydrogen (secondary N) is 1. The molecule has 0 saturated heterocycles. The molecular formula is C14H12BrCl2N. The summed E-state index contributed by atoms with van der Waals surface area (Å²) in [7, 11) is 0. The summed E-state index contributed by atoms with van der Waals surface area (Å²) >= 11 is 15.6. The Bertz CT molecular complexity index is 570. The van der Waals surface area contributed by atoms with Crippen molar-refractivity contribution in [3.63, 3.8) is 0 Å². The monoisotopic (exact) mass is 343 g/mol. The normalized spacial score (nSPS) is 10.4.